The Kier molecular flexibility index (Phi) is 6.95. The van der Waals surface area contributed by atoms with Crippen LogP contribution in [-0.2, 0) is 14.3 Å². The monoisotopic (exact) mass is 424 g/mol. The molecule has 2 amide bonds. The molecule has 0 fully saturated rings. The smallest absolute Gasteiger partial charge is 0.407 e. The molecule has 1 aliphatic rings. The van der Waals surface area contributed by atoms with Crippen LogP contribution in [0.2, 0.25) is 0 Å². The van der Waals surface area contributed by atoms with Crippen molar-refractivity contribution in [1.82, 2.24) is 10.6 Å². The van der Waals surface area contributed by atoms with Crippen LogP contribution in [0.25, 0.3) is 11.1 Å². The van der Waals surface area contributed by atoms with Crippen molar-refractivity contribution < 1.29 is 24.2 Å². The zero-order valence-corrected chi connectivity index (χ0v) is 17.9. The molecular formula is C24H28N2O5. The summed E-state index contributed by atoms with van der Waals surface area (Å²) < 4.78 is 5.51. The third-order valence-electron chi connectivity index (χ3n) is 5.39. The van der Waals surface area contributed by atoms with E-state index in [1.165, 1.54) is 6.92 Å². The van der Waals surface area contributed by atoms with E-state index in [4.69, 9.17) is 9.84 Å². The van der Waals surface area contributed by atoms with Gasteiger partial charge in [0.25, 0.3) is 0 Å². The number of alkyl carbamates (subject to hydrolysis) is 1. The number of ether oxygens (including phenoxy) is 1. The number of rotatable bonds is 8. The number of hydrogen-bond acceptors (Lipinski definition) is 4. The van der Waals surface area contributed by atoms with Crippen LogP contribution in [0.3, 0.4) is 0 Å². The lowest BCUT2D eigenvalue weighted by Crippen LogP contribution is -2.51. The Bertz CT molecular complexity index is 926. The highest BCUT2D eigenvalue weighted by molar-refractivity contribution is 5.89. The minimum absolute atomic E-state index is 0.0810. The molecule has 3 N–H and O–H groups in total. The first-order chi connectivity index (χ1) is 14.8. The van der Waals surface area contributed by atoms with Crippen LogP contribution in [-0.4, -0.2) is 41.8 Å². The van der Waals surface area contributed by atoms with Crippen LogP contribution in [0.5, 0.6) is 0 Å². The molecule has 2 atom stereocenters. The topological polar surface area (TPSA) is 105 Å². The van der Waals surface area contributed by atoms with Crippen LogP contribution in [0.1, 0.15) is 44.2 Å². The van der Waals surface area contributed by atoms with Gasteiger partial charge in [0.1, 0.15) is 18.7 Å². The Hall–Kier alpha value is -3.35. The lowest BCUT2D eigenvalue weighted by atomic mass is 9.98. The van der Waals surface area contributed by atoms with Crippen molar-refractivity contribution in [2.24, 2.45) is 5.92 Å². The molecule has 0 bridgehead atoms. The van der Waals surface area contributed by atoms with Crippen LogP contribution >= 0.6 is 0 Å². The highest BCUT2D eigenvalue weighted by atomic mass is 16.5. The third-order valence-corrected chi connectivity index (χ3v) is 5.39. The van der Waals surface area contributed by atoms with Crippen LogP contribution in [0, 0.1) is 5.92 Å². The predicted molar refractivity (Wildman–Crippen MR) is 117 cm³/mol. The zero-order chi connectivity index (χ0) is 22.5. The fourth-order valence-electron chi connectivity index (χ4n) is 3.86. The number of nitrogens with one attached hydrogen (secondary N) is 2. The SMILES string of the molecule is CC(C)C[C@@H](NC(=O)OCC1c2ccccc2-c2ccccc21)C(=O)N[C@@H](C)C(=O)O. The third kappa shape index (κ3) is 5.23. The standard InChI is InChI=1S/C24H28N2O5/c1-14(2)12-21(22(27)25-15(3)23(28)29)26-24(30)31-13-20-18-10-6-4-8-16(18)17-9-5-7-11-19(17)20/h4-11,14-15,20-21H,12-13H2,1-3H3,(H,25,27)(H,26,30)(H,28,29)/t15-,21+/m0/s1. The molecule has 7 heteroatoms. The van der Waals surface area contributed by atoms with Crippen molar-refractivity contribution in [3.05, 3.63) is 59.7 Å². The second kappa shape index (κ2) is 9.64. The molecule has 0 saturated heterocycles. The van der Waals surface area contributed by atoms with Crippen LogP contribution < -0.4 is 10.6 Å². The molecule has 0 aliphatic heterocycles. The molecule has 0 radical (unpaired) electrons. The number of amides is 2. The van der Waals surface area contributed by atoms with Gasteiger partial charge < -0.3 is 20.5 Å². The molecule has 2 aromatic carbocycles. The van der Waals surface area contributed by atoms with E-state index in [-0.39, 0.29) is 18.4 Å². The van der Waals surface area contributed by atoms with Gasteiger partial charge in [0.05, 0.1) is 0 Å². The van der Waals surface area contributed by atoms with E-state index in [0.29, 0.717) is 6.42 Å². The normalized spacial score (nSPS) is 14.3. The van der Waals surface area contributed by atoms with Gasteiger partial charge in [-0.1, -0.05) is 62.4 Å². The van der Waals surface area contributed by atoms with Crippen LogP contribution in [0.15, 0.2) is 48.5 Å². The van der Waals surface area contributed by atoms with E-state index in [9.17, 15) is 14.4 Å². The summed E-state index contributed by atoms with van der Waals surface area (Å²) in [6.07, 6.45) is -0.340. The van der Waals surface area contributed by atoms with E-state index >= 15 is 0 Å². The number of carbonyl (C=O) groups is 3. The first kappa shape index (κ1) is 22.3. The molecule has 0 spiro atoms. The minimum Gasteiger partial charge on any atom is -0.480 e. The van der Waals surface area contributed by atoms with Gasteiger partial charge >= 0.3 is 12.1 Å². The van der Waals surface area contributed by atoms with Crippen LogP contribution in [0.4, 0.5) is 4.79 Å². The van der Waals surface area contributed by atoms with E-state index in [1.807, 2.05) is 50.2 Å². The second-order valence-corrected chi connectivity index (χ2v) is 8.22. The predicted octanol–water partition coefficient (Wildman–Crippen LogP) is 3.53. The lowest BCUT2D eigenvalue weighted by Gasteiger charge is -2.22. The maximum absolute atomic E-state index is 12.5. The second-order valence-electron chi connectivity index (χ2n) is 8.22. The van der Waals surface area contributed by atoms with Gasteiger partial charge in [-0.2, -0.15) is 0 Å². The fraction of sp³-hybridized carbons (Fsp3) is 0.375. The first-order valence-electron chi connectivity index (χ1n) is 10.4. The summed E-state index contributed by atoms with van der Waals surface area (Å²) in [5.41, 5.74) is 4.46. The summed E-state index contributed by atoms with van der Waals surface area (Å²) in [5.74, 6) is -1.65. The molecule has 0 aromatic heterocycles. The largest absolute Gasteiger partial charge is 0.480 e. The molecule has 164 valence electrons. The Morgan fingerprint density at radius 2 is 1.48 bits per heavy atom. The summed E-state index contributed by atoms with van der Waals surface area (Å²) >= 11 is 0. The lowest BCUT2D eigenvalue weighted by molar-refractivity contribution is -0.141. The summed E-state index contributed by atoms with van der Waals surface area (Å²) in [6.45, 7) is 5.35. The van der Waals surface area contributed by atoms with Gasteiger partial charge in [0, 0.05) is 5.92 Å². The average Bonchev–Trinajstić information content (AvgIpc) is 3.05. The van der Waals surface area contributed by atoms with Crippen molar-refractivity contribution in [1.29, 1.82) is 0 Å². The fourth-order valence-corrected chi connectivity index (χ4v) is 3.86. The number of carbonyl (C=O) groups excluding carboxylic acids is 2. The van der Waals surface area contributed by atoms with Gasteiger partial charge in [0.15, 0.2) is 0 Å². The van der Waals surface area contributed by atoms with Gasteiger partial charge in [-0.05, 0) is 41.5 Å². The highest BCUT2D eigenvalue weighted by Crippen LogP contribution is 2.44. The molecule has 0 heterocycles. The maximum Gasteiger partial charge on any atom is 0.407 e. The zero-order valence-electron chi connectivity index (χ0n) is 17.9. The maximum atomic E-state index is 12.5. The van der Waals surface area contributed by atoms with E-state index in [1.54, 1.807) is 0 Å². The Labute approximate surface area is 181 Å². The first-order valence-corrected chi connectivity index (χ1v) is 10.4. The number of fused-ring (bicyclic) bond motifs is 3. The van der Waals surface area contributed by atoms with E-state index in [2.05, 4.69) is 22.8 Å². The summed E-state index contributed by atoms with van der Waals surface area (Å²) in [5, 5.41) is 14.0. The quantitative estimate of drug-likeness (QED) is 0.601. The Morgan fingerprint density at radius 1 is 0.935 bits per heavy atom. The van der Waals surface area contributed by atoms with E-state index < -0.39 is 30.1 Å². The molecule has 1 aliphatic carbocycles. The Balaban J connectivity index is 1.66. The van der Waals surface area contributed by atoms with Gasteiger partial charge in [0.2, 0.25) is 5.91 Å². The van der Waals surface area contributed by atoms with Crippen molar-refractivity contribution >= 4 is 18.0 Å². The van der Waals surface area contributed by atoms with Gasteiger partial charge in [-0.25, -0.2) is 4.79 Å². The summed E-state index contributed by atoms with van der Waals surface area (Å²) in [4.78, 5) is 36.0. The minimum atomic E-state index is -1.14. The molecule has 0 saturated carbocycles. The number of aliphatic carboxylic acids is 1. The van der Waals surface area contributed by atoms with E-state index in [0.717, 1.165) is 22.3 Å². The number of hydrogen-bond donors (Lipinski definition) is 3. The van der Waals surface area contributed by atoms with Gasteiger partial charge in [-0.15, -0.1) is 0 Å². The van der Waals surface area contributed by atoms with Crippen molar-refractivity contribution in [3.63, 3.8) is 0 Å². The van der Waals surface area contributed by atoms with Crippen molar-refractivity contribution in [3.8, 4) is 11.1 Å². The molecule has 0 unspecified atom stereocenters. The molecule has 7 nitrogen and oxygen atoms in total. The van der Waals surface area contributed by atoms with Crippen molar-refractivity contribution in [2.75, 3.05) is 6.61 Å². The molecular weight excluding hydrogens is 396 g/mol. The molecule has 2 aromatic rings. The molecule has 3 rings (SSSR count). The van der Waals surface area contributed by atoms with Crippen molar-refractivity contribution in [2.45, 2.75) is 45.2 Å². The summed E-state index contributed by atoms with van der Waals surface area (Å²) in [7, 11) is 0. The molecule has 31 heavy (non-hydrogen) atoms. The highest BCUT2D eigenvalue weighted by Gasteiger charge is 2.30. The number of carboxylic acid groups (broad SMARTS) is 1. The number of benzene rings is 2. The Morgan fingerprint density at radius 3 is 2.00 bits per heavy atom. The summed E-state index contributed by atoms with van der Waals surface area (Å²) in [6, 6.07) is 14.1. The average molecular weight is 424 g/mol. The van der Waals surface area contributed by atoms with Gasteiger partial charge in [-0.3, -0.25) is 9.59 Å². The number of carboxylic acids is 1.